The summed E-state index contributed by atoms with van der Waals surface area (Å²) >= 11 is 0. The molecule has 1 saturated heterocycles. The maximum Gasteiger partial charge on any atom is 0.407 e. The molecule has 1 N–H and O–H groups in total. The van der Waals surface area contributed by atoms with Crippen molar-refractivity contribution in [3.63, 3.8) is 0 Å². The summed E-state index contributed by atoms with van der Waals surface area (Å²) < 4.78 is 32.5. The minimum atomic E-state index is -3.53. The largest absolute Gasteiger partial charge is 0.444 e. The minimum absolute atomic E-state index is 0.123. The van der Waals surface area contributed by atoms with E-state index in [1.807, 2.05) is 6.07 Å². The van der Waals surface area contributed by atoms with Crippen molar-refractivity contribution >= 4 is 16.1 Å². The van der Waals surface area contributed by atoms with E-state index in [0.717, 1.165) is 12.8 Å². The Morgan fingerprint density at radius 3 is 2.56 bits per heavy atom. The molecule has 8 heteroatoms. The van der Waals surface area contributed by atoms with Crippen LogP contribution in [0.25, 0.3) is 0 Å². The van der Waals surface area contributed by atoms with E-state index in [-0.39, 0.29) is 18.3 Å². The highest BCUT2D eigenvalue weighted by Gasteiger charge is 2.32. The number of nitrogens with zero attached hydrogens (tertiary/aromatic N) is 2. The van der Waals surface area contributed by atoms with Crippen LogP contribution in [0.15, 0.2) is 24.3 Å². The van der Waals surface area contributed by atoms with Crippen LogP contribution in [0.2, 0.25) is 0 Å². The number of amides is 1. The normalized spacial score (nSPS) is 18.5. The molecule has 0 spiro atoms. The monoisotopic (exact) mass is 393 g/mol. The molecule has 1 aromatic rings. The van der Waals surface area contributed by atoms with E-state index in [4.69, 9.17) is 10.00 Å². The van der Waals surface area contributed by atoms with Gasteiger partial charge in [-0.15, -0.1) is 0 Å². The molecule has 27 heavy (non-hydrogen) atoms. The van der Waals surface area contributed by atoms with E-state index < -0.39 is 21.7 Å². The predicted molar refractivity (Wildman–Crippen MR) is 102 cm³/mol. The first-order valence-corrected chi connectivity index (χ1v) is 10.7. The van der Waals surface area contributed by atoms with Crippen molar-refractivity contribution in [2.45, 2.75) is 57.4 Å². The van der Waals surface area contributed by atoms with Gasteiger partial charge in [0.15, 0.2) is 0 Å². The Balaban J connectivity index is 2.03. The number of nitriles is 1. The third-order valence-electron chi connectivity index (χ3n) is 4.24. The summed E-state index contributed by atoms with van der Waals surface area (Å²) in [5, 5.41) is 11.5. The van der Waals surface area contributed by atoms with Gasteiger partial charge in [-0.2, -0.15) is 9.57 Å². The van der Waals surface area contributed by atoms with E-state index in [0.29, 0.717) is 24.1 Å². The Labute approximate surface area is 161 Å². The average Bonchev–Trinajstić information content (AvgIpc) is 2.59. The average molecular weight is 394 g/mol. The Hall–Kier alpha value is -2.11. The molecule has 2 rings (SSSR count). The first-order valence-electron chi connectivity index (χ1n) is 9.06. The molecule has 1 atom stereocenters. The first-order chi connectivity index (χ1) is 12.6. The van der Waals surface area contributed by atoms with Crippen LogP contribution in [0.5, 0.6) is 0 Å². The quantitative estimate of drug-likeness (QED) is 0.829. The zero-order chi connectivity index (χ0) is 20.1. The molecule has 1 aromatic carbocycles. The van der Waals surface area contributed by atoms with Gasteiger partial charge in [-0.3, -0.25) is 0 Å². The Morgan fingerprint density at radius 2 is 1.96 bits per heavy atom. The van der Waals surface area contributed by atoms with Crippen LogP contribution in [-0.4, -0.2) is 43.5 Å². The van der Waals surface area contributed by atoms with Gasteiger partial charge < -0.3 is 10.1 Å². The molecular weight excluding hydrogens is 366 g/mol. The van der Waals surface area contributed by atoms with Gasteiger partial charge in [0.1, 0.15) is 5.60 Å². The fourth-order valence-corrected chi connectivity index (χ4v) is 4.85. The maximum absolute atomic E-state index is 12.9. The smallest absolute Gasteiger partial charge is 0.407 e. The van der Waals surface area contributed by atoms with Crippen LogP contribution >= 0.6 is 0 Å². The van der Waals surface area contributed by atoms with E-state index in [1.165, 1.54) is 4.31 Å². The van der Waals surface area contributed by atoms with Gasteiger partial charge in [-0.25, -0.2) is 13.2 Å². The lowest BCUT2D eigenvalue weighted by molar-refractivity contribution is 0.0512. The standard InChI is InChI=1S/C19H27N3O4S/c1-19(2,3)26-18(23)21-13-17-6-4-5-11-22(17)27(24,25)14-16-9-7-15(12-20)8-10-16/h7-10,17H,4-6,11,13-14H2,1-3H3,(H,21,23)/t17-/m1/s1. The second-order valence-corrected chi connectivity index (χ2v) is 9.63. The molecular formula is C19H27N3O4S. The third kappa shape index (κ3) is 6.52. The molecule has 1 amide bonds. The lowest BCUT2D eigenvalue weighted by atomic mass is 10.1. The van der Waals surface area contributed by atoms with Gasteiger partial charge in [0.2, 0.25) is 10.0 Å². The fourth-order valence-electron chi connectivity index (χ4n) is 3.03. The summed E-state index contributed by atoms with van der Waals surface area (Å²) in [6.45, 7) is 6.01. The predicted octanol–water partition coefficient (Wildman–Crippen LogP) is 2.77. The van der Waals surface area contributed by atoms with Gasteiger partial charge >= 0.3 is 6.09 Å². The van der Waals surface area contributed by atoms with Crippen molar-refractivity contribution < 1.29 is 17.9 Å². The van der Waals surface area contributed by atoms with Crippen LogP contribution in [-0.2, 0) is 20.5 Å². The SMILES string of the molecule is CC(C)(C)OC(=O)NC[C@H]1CCCCN1S(=O)(=O)Cc1ccc(C#N)cc1. The molecule has 1 aliphatic heterocycles. The topological polar surface area (TPSA) is 99.5 Å². The van der Waals surface area contributed by atoms with Crippen LogP contribution in [0.3, 0.4) is 0 Å². The summed E-state index contributed by atoms with van der Waals surface area (Å²) in [5.41, 5.74) is 0.532. The number of carbonyl (C=O) groups is 1. The van der Waals surface area contributed by atoms with Crippen LogP contribution < -0.4 is 5.32 Å². The number of benzene rings is 1. The first kappa shape index (κ1) is 21.2. The lowest BCUT2D eigenvalue weighted by Gasteiger charge is -2.35. The second-order valence-electron chi connectivity index (χ2n) is 7.71. The van der Waals surface area contributed by atoms with Crippen molar-refractivity contribution in [3.05, 3.63) is 35.4 Å². The maximum atomic E-state index is 12.9. The number of sulfonamides is 1. The Bertz CT molecular complexity index is 792. The number of carbonyl (C=O) groups excluding carboxylic acids is 1. The van der Waals surface area contributed by atoms with Gasteiger partial charge in [0.25, 0.3) is 0 Å². The van der Waals surface area contributed by atoms with Crippen LogP contribution in [0.4, 0.5) is 4.79 Å². The number of piperidine rings is 1. The van der Waals surface area contributed by atoms with Crippen molar-refractivity contribution in [2.24, 2.45) is 0 Å². The van der Waals surface area contributed by atoms with Gasteiger partial charge in [-0.05, 0) is 51.3 Å². The molecule has 0 aromatic heterocycles. The molecule has 0 saturated carbocycles. The highest BCUT2D eigenvalue weighted by Crippen LogP contribution is 2.23. The van der Waals surface area contributed by atoms with Gasteiger partial charge in [0, 0.05) is 19.1 Å². The summed E-state index contributed by atoms with van der Waals surface area (Å²) in [6.07, 6.45) is 1.87. The van der Waals surface area contributed by atoms with Crippen molar-refractivity contribution in [1.29, 1.82) is 5.26 Å². The molecule has 0 aliphatic carbocycles. The van der Waals surface area contributed by atoms with Gasteiger partial charge in [0.05, 0.1) is 17.4 Å². The van der Waals surface area contributed by atoms with Crippen LogP contribution in [0, 0.1) is 11.3 Å². The van der Waals surface area contributed by atoms with Gasteiger partial charge in [-0.1, -0.05) is 18.6 Å². The highest BCUT2D eigenvalue weighted by atomic mass is 32.2. The zero-order valence-corrected chi connectivity index (χ0v) is 16.9. The fraction of sp³-hybridized carbons (Fsp3) is 0.579. The number of rotatable bonds is 5. The van der Waals surface area contributed by atoms with E-state index in [9.17, 15) is 13.2 Å². The molecule has 1 aliphatic rings. The number of ether oxygens (including phenoxy) is 1. The number of hydrogen-bond donors (Lipinski definition) is 1. The van der Waals surface area contributed by atoms with E-state index >= 15 is 0 Å². The Morgan fingerprint density at radius 1 is 1.30 bits per heavy atom. The number of alkyl carbamates (subject to hydrolysis) is 1. The third-order valence-corrected chi connectivity index (χ3v) is 6.14. The molecule has 1 fully saturated rings. The zero-order valence-electron chi connectivity index (χ0n) is 16.1. The van der Waals surface area contributed by atoms with Crippen LogP contribution in [0.1, 0.15) is 51.2 Å². The summed E-state index contributed by atoms with van der Waals surface area (Å²) in [5.74, 6) is -0.123. The molecule has 148 valence electrons. The molecule has 0 bridgehead atoms. The number of nitrogens with one attached hydrogen (secondary N) is 1. The second kappa shape index (κ2) is 8.72. The van der Waals surface area contributed by atoms with Crippen molar-refractivity contribution in [2.75, 3.05) is 13.1 Å². The highest BCUT2D eigenvalue weighted by molar-refractivity contribution is 7.88. The Kier molecular flexibility index (Phi) is 6.84. The molecule has 7 nitrogen and oxygen atoms in total. The van der Waals surface area contributed by atoms with E-state index in [1.54, 1.807) is 45.0 Å². The molecule has 1 heterocycles. The minimum Gasteiger partial charge on any atom is -0.444 e. The molecule has 0 radical (unpaired) electrons. The summed E-state index contributed by atoms with van der Waals surface area (Å²) in [6, 6.07) is 8.28. The van der Waals surface area contributed by atoms with Crippen molar-refractivity contribution in [3.8, 4) is 6.07 Å². The summed E-state index contributed by atoms with van der Waals surface area (Å²) in [7, 11) is -3.53. The number of hydrogen-bond acceptors (Lipinski definition) is 5. The van der Waals surface area contributed by atoms with E-state index in [2.05, 4.69) is 5.32 Å². The summed E-state index contributed by atoms with van der Waals surface area (Å²) in [4.78, 5) is 11.9. The van der Waals surface area contributed by atoms with Crippen molar-refractivity contribution in [1.82, 2.24) is 9.62 Å². The lowest BCUT2D eigenvalue weighted by Crippen LogP contribution is -2.50. The molecule has 0 unspecified atom stereocenters.